The Morgan fingerprint density at radius 3 is 2.66 bits per heavy atom. The molecule has 1 fully saturated rings. The molecule has 154 valence electrons. The van der Waals surface area contributed by atoms with Crippen LogP contribution >= 0.6 is 0 Å². The molecule has 2 aromatic rings. The molecule has 1 aliphatic heterocycles. The fraction of sp³-hybridized carbons (Fsp3) is 0.381. The van der Waals surface area contributed by atoms with Gasteiger partial charge in [-0.3, -0.25) is 0 Å². The molecule has 1 aliphatic carbocycles. The van der Waals surface area contributed by atoms with E-state index >= 15 is 0 Å². The SMILES string of the molecule is CC1=c2c(S(=O)(=O)N3CCCCC3)cnc(Nc3cccc(F)c3F)c2=CCC1. The topological polar surface area (TPSA) is 62.3 Å². The average Bonchev–Trinajstić information content (AvgIpc) is 2.72. The van der Waals surface area contributed by atoms with Gasteiger partial charge in [0.25, 0.3) is 0 Å². The number of halogens is 2. The molecule has 4 rings (SSSR count). The number of hydrogen-bond acceptors (Lipinski definition) is 4. The molecular weight excluding hydrogens is 396 g/mol. The third kappa shape index (κ3) is 3.67. The van der Waals surface area contributed by atoms with Crippen molar-refractivity contribution >= 4 is 33.2 Å². The number of benzene rings is 1. The molecule has 5 nitrogen and oxygen atoms in total. The summed E-state index contributed by atoms with van der Waals surface area (Å²) in [5.74, 6) is -1.63. The highest BCUT2D eigenvalue weighted by Crippen LogP contribution is 2.22. The summed E-state index contributed by atoms with van der Waals surface area (Å²) in [7, 11) is -3.67. The van der Waals surface area contributed by atoms with Crippen molar-refractivity contribution < 1.29 is 17.2 Å². The maximum absolute atomic E-state index is 14.1. The molecule has 1 N–H and O–H groups in total. The number of nitrogens with one attached hydrogen (secondary N) is 1. The number of fused-ring (bicyclic) bond motifs is 1. The molecule has 0 radical (unpaired) electrons. The highest BCUT2D eigenvalue weighted by Gasteiger charge is 2.29. The minimum atomic E-state index is -3.67. The minimum absolute atomic E-state index is 0.0389. The summed E-state index contributed by atoms with van der Waals surface area (Å²) in [4.78, 5) is 4.49. The molecule has 0 atom stereocenters. The Kier molecular flexibility index (Phi) is 5.40. The van der Waals surface area contributed by atoms with E-state index in [9.17, 15) is 17.2 Å². The number of hydrogen-bond donors (Lipinski definition) is 1. The first-order valence-corrected chi connectivity index (χ1v) is 11.2. The van der Waals surface area contributed by atoms with E-state index in [4.69, 9.17) is 0 Å². The largest absolute Gasteiger partial charge is 0.337 e. The van der Waals surface area contributed by atoms with Crippen LogP contribution in [-0.4, -0.2) is 30.8 Å². The second-order valence-corrected chi connectivity index (χ2v) is 9.38. The first-order valence-electron chi connectivity index (χ1n) is 9.80. The molecular formula is C21H23F2N3O2S. The van der Waals surface area contributed by atoms with Crippen LogP contribution in [0.3, 0.4) is 0 Å². The van der Waals surface area contributed by atoms with Gasteiger partial charge < -0.3 is 5.32 Å². The third-order valence-electron chi connectivity index (χ3n) is 5.51. The highest BCUT2D eigenvalue weighted by molar-refractivity contribution is 7.89. The van der Waals surface area contributed by atoms with Crippen molar-refractivity contribution in [1.29, 1.82) is 0 Å². The van der Waals surface area contributed by atoms with Gasteiger partial charge in [0.05, 0.1) is 5.69 Å². The lowest BCUT2D eigenvalue weighted by atomic mass is 10.0. The number of rotatable bonds is 4. The Morgan fingerprint density at radius 2 is 1.90 bits per heavy atom. The van der Waals surface area contributed by atoms with E-state index < -0.39 is 21.7 Å². The lowest BCUT2D eigenvalue weighted by Gasteiger charge is -2.26. The van der Waals surface area contributed by atoms with Gasteiger partial charge in [-0.1, -0.05) is 24.1 Å². The van der Waals surface area contributed by atoms with Crippen molar-refractivity contribution in [1.82, 2.24) is 9.29 Å². The molecule has 1 aromatic heterocycles. The molecule has 1 saturated heterocycles. The van der Waals surface area contributed by atoms with Crippen LogP contribution in [-0.2, 0) is 10.0 Å². The zero-order valence-corrected chi connectivity index (χ0v) is 17.0. The quantitative estimate of drug-likeness (QED) is 0.828. The van der Waals surface area contributed by atoms with E-state index in [1.807, 2.05) is 13.0 Å². The Balaban J connectivity index is 1.86. The maximum Gasteiger partial charge on any atom is 0.245 e. The number of aromatic nitrogens is 1. The molecule has 1 aromatic carbocycles. The van der Waals surface area contributed by atoms with Crippen LogP contribution < -0.4 is 15.8 Å². The predicted octanol–water partition coefficient (Wildman–Crippen LogP) is 3.02. The molecule has 0 saturated carbocycles. The van der Waals surface area contributed by atoms with Crippen molar-refractivity contribution in [3.05, 3.63) is 46.5 Å². The third-order valence-corrected chi connectivity index (χ3v) is 7.42. The molecule has 29 heavy (non-hydrogen) atoms. The molecule has 2 aliphatic rings. The van der Waals surface area contributed by atoms with E-state index in [2.05, 4.69) is 10.3 Å². The van der Waals surface area contributed by atoms with Gasteiger partial charge in [-0.15, -0.1) is 0 Å². The van der Waals surface area contributed by atoms with E-state index in [0.717, 1.165) is 43.7 Å². The minimum Gasteiger partial charge on any atom is -0.337 e. The van der Waals surface area contributed by atoms with Crippen molar-refractivity contribution in [2.45, 2.75) is 43.9 Å². The zero-order valence-electron chi connectivity index (χ0n) is 16.2. The first-order chi connectivity index (χ1) is 13.9. The molecule has 8 heteroatoms. The monoisotopic (exact) mass is 419 g/mol. The number of anilines is 2. The highest BCUT2D eigenvalue weighted by atomic mass is 32.2. The Labute approximate surface area is 168 Å². The normalized spacial score (nSPS) is 17.6. The van der Waals surface area contributed by atoms with Gasteiger partial charge >= 0.3 is 0 Å². The van der Waals surface area contributed by atoms with Crippen molar-refractivity contribution in [3.63, 3.8) is 0 Å². The van der Waals surface area contributed by atoms with E-state index in [1.54, 1.807) is 0 Å². The number of piperidine rings is 1. The number of nitrogens with zero attached hydrogens (tertiary/aromatic N) is 2. The molecule has 0 unspecified atom stereocenters. The van der Waals surface area contributed by atoms with Crippen LogP contribution in [0.15, 0.2) is 29.3 Å². The van der Waals surface area contributed by atoms with Crippen LogP contribution in [0.5, 0.6) is 0 Å². The Hall–Kier alpha value is -2.32. The summed E-state index contributed by atoms with van der Waals surface area (Å²) in [5.41, 5.74) is 0.909. The van der Waals surface area contributed by atoms with Gasteiger partial charge in [-0.2, -0.15) is 4.31 Å². The second kappa shape index (κ2) is 7.84. The molecule has 0 spiro atoms. The lowest BCUT2D eigenvalue weighted by Crippen LogP contribution is -2.43. The maximum atomic E-state index is 14.1. The fourth-order valence-electron chi connectivity index (χ4n) is 3.97. The van der Waals surface area contributed by atoms with E-state index in [0.29, 0.717) is 29.3 Å². The van der Waals surface area contributed by atoms with Crippen LogP contribution in [0.4, 0.5) is 20.3 Å². The van der Waals surface area contributed by atoms with Crippen LogP contribution in [0, 0.1) is 11.6 Å². The van der Waals surface area contributed by atoms with Crippen LogP contribution in [0.1, 0.15) is 39.0 Å². The van der Waals surface area contributed by atoms with Crippen molar-refractivity contribution in [2.24, 2.45) is 0 Å². The molecule has 2 heterocycles. The summed E-state index contributed by atoms with van der Waals surface area (Å²) in [6, 6.07) is 3.87. The fourth-order valence-corrected chi connectivity index (χ4v) is 5.72. The number of sulfonamides is 1. The van der Waals surface area contributed by atoms with Crippen molar-refractivity contribution in [2.75, 3.05) is 18.4 Å². The van der Waals surface area contributed by atoms with Gasteiger partial charge in [0.2, 0.25) is 10.0 Å². The average molecular weight is 419 g/mol. The summed E-state index contributed by atoms with van der Waals surface area (Å²) in [5, 5.41) is 4.08. The Bertz CT molecular complexity index is 1170. The van der Waals surface area contributed by atoms with E-state index in [-0.39, 0.29) is 10.6 Å². The summed E-state index contributed by atoms with van der Waals surface area (Å²) < 4.78 is 55.8. The van der Waals surface area contributed by atoms with Crippen LogP contribution in [0.2, 0.25) is 0 Å². The lowest BCUT2D eigenvalue weighted by molar-refractivity contribution is 0.346. The first kappa shape index (κ1) is 20.0. The van der Waals surface area contributed by atoms with Gasteiger partial charge in [0.1, 0.15) is 10.7 Å². The summed E-state index contributed by atoms with van der Waals surface area (Å²) in [6.07, 6.45) is 7.45. The summed E-state index contributed by atoms with van der Waals surface area (Å²) >= 11 is 0. The van der Waals surface area contributed by atoms with Crippen molar-refractivity contribution in [3.8, 4) is 0 Å². The van der Waals surface area contributed by atoms with Crippen LogP contribution in [0.25, 0.3) is 11.6 Å². The predicted molar refractivity (Wildman–Crippen MR) is 109 cm³/mol. The van der Waals surface area contributed by atoms with Gasteiger partial charge in [-0.05, 0) is 44.7 Å². The van der Waals surface area contributed by atoms with Gasteiger partial charge in [0, 0.05) is 29.7 Å². The Morgan fingerprint density at radius 1 is 1.14 bits per heavy atom. The second-order valence-electron chi connectivity index (χ2n) is 7.47. The number of pyridine rings is 1. The zero-order chi connectivity index (χ0) is 20.6. The molecule has 0 amide bonds. The van der Waals surface area contributed by atoms with Gasteiger partial charge in [0.15, 0.2) is 11.6 Å². The van der Waals surface area contributed by atoms with Gasteiger partial charge in [-0.25, -0.2) is 22.2 Å². The smallest absolute Gasteiger partial charge is 0.245 e. The molecule has 0 bridgehead atoms. The summed E-state index contributed by atoms with van der Waals surface area (Å²) in [6.45, 7) is 2.93. The van der Waals surface area contributed by atoms with E-state index in [1.165, 1.54) is 22.6 Å². The standard InChI is InChI=1S/C21H23F2N3O2S/c1-14-7-5-8-15-19(14)18(29(27,28)26-11-3-2-4-12-26)13-24-21(15)25-17-10-6-9-16(22)20(17)23/h6,8-10,13H,2-5,7,11-12H2,1H3,(H,24,25).